The highest BCUT2D eigenvalue weighted by atomic mass is 16.5. The Morgan fingerprint density at radius 3 is 2.59 bits per heavy atom. The van der Waals surface area contributed by atoms with Crippen LogP contribution in [-0.2, 0) is 22.4 Å². The van der Waals surface area contributed by atoms with Crippen molar-refractivity contribution in [3.05, 3.63) is 59.7 Å². The molecule has 3 rings (SSSR count). The lowest BCUT2D eigenvalue weighted by molar-refractivity contribution is -0.126. The number of amides is 2. The fourth-order valence-electron chi connectivity index (χ4n) is 3.25. The molecule has 0 saturated heterocycles. The van der Waals surface area contributed by atoms with Gasteiger partial charge in [-0.15, -0.1) is 0 Å². The molecule has 2 amide bonds. The minimum atomic E-state index is -0.464. The predicted molar refractivity (Wildman–Crippen MR) is 115 cm³/mol. The van der Waals surface area contributed by atoms with Gasteiger partial charge in [0, 0.05) is 17.6 Å². The van der Waals surface area contributed by atoms with Crippen LogP contribution >= 0.6 is 0 Å². The van der Waals surface area contributed by atoms with E-state index >= 15 is 0 Å². The van der Waals surface area contributed by atoms with E-state index in [1.54, 1.807) is 0 Å². The zero-order valence-electron chi connectivity index (χ0n) is 17.5. The molecule has 0 spiro atoms. The molecular weight excluding hydrogens is 364 g/mol. The second-order valence-electron chi connectivity index (χ2n) is 8.62. The van der Waals surface area contributed by atoms with E-state index < -0.39 is 5.41 Å². The molecule has 1 aliphatic rings. The second kappa shape index (κ2) is 9.12. The summed E-state index contributed by atoms with van der Waals surface area (Å²) in [5.74, 6) is 0.550. The van der Waals surface area contributed by atoms with Gasteiger partial charge in [0.25, 0.3) is 0 Å². The van der Waals surface area contributed by atoms with Gasteiger partial charge in [0.2, 0.25) is 11.8 Å². The number of carbonyl (C=O) groups excluding carboxylic acids is 2. The highest BCUT2D eigenvalue weighted by Crippen LogP contribution is 2.30. The minimum absolute atomic E-state index is 0.0211. The number of rotatable bonds is 6. The Balaban J connectivity index is 1.52. The van der Waals surface area contributed by atoms with Gasteiger partial charge >= 0.3 is 0 Å². The van der Waals surface area contributed by atoms with E-state index in [-0.39, 0.29) is 17.7 Å². The van der Waals surface area contributed by atoms with Gasteiger partial charge in [-0.25, -0.2) is 0 Å². The van der Waals surface area contributed by atoms with E-state index in [0.717, 1.165) is 29.8 Å². The normalized spacial score (nSPS) is 15.8. The van der Waals surface area contributed by atoms with E-state index in [1.807, 2.05) is 57.2 Å². The maximum Gasteiger partial charge on any atom is 0.229 e. The molecule has 2 aromatic carbocycles. The Morgan fingerprint density at radius 1 is 1.10 bits per heavy atom. The molecule has 1 heterocycles. The van der Waals surface area contributed by atoms with E-state index in [2.05, 4.69) is 22.8 Å². The third-order valence-corrected chi connectivity index (χ3v) is 5.06. The number of anilines is 1. The van der Waals surface area contributed by atoms with Crippen molar-refractivity contribution in [1.82, 2.24) is 5.32 Å². The van der Waals surface area contributed by atoms with Crippen LogP contribution in [0.3, 0.4) is 0 Å². The summed E-state index contributed by atoms with van der Waals surface area (Å²) < 4.78 is 5.79. The van der Waals surface area contributed by atoms with Gasteiger partial charge in [-0.2, -0.15) is 0 Å². The van der Waals surface area contributed by atoms with Gasteiger partial charge < -0.3 is 15.4 Å². The lowest BCUT2D eigenvalue weighted by atomic mass is 9.94. The standard InChI is InChI=1S/C24H30N2O3/c1-24(2,3)23(28)26-20-11-12-21-18(15-20)14-19(16-29-21)22(27)25-13-7-10-17-8-5-4-6-9-17/h4-6,8-9,11-12,15,19H,7,10,13-14,16H2,1-3H3,(H,25,27)(H,26,28)/t19-/m0/s1. The molecule has 2 N–H and O–H groups in total. The van der Waals surface area contributed by atoms with Crippen LogP contribution in [0.1, 0.15) is 38.3 Å². The number of hydrogen-bond acceptors (Lipinski definition) is 3. The number of ether oxygens (including phenoxy) is 1. The molecule has 1 aliphatic heterocycles. The summed E-state index contributed by atoms with van der Waals surface area (Å²) in [4.78, 5) is 24.8. The molecule has 1 atom stereocenters. The number of aryl methyl sites for hydroxylation is 1. The molecule has 0 fully saturated rings. The topological polar surface area (TPSA) is 67.4 Å². The molecule has 29 heavy (non-hydrogen) atoms. The lowest BCUT2D eigenvalue weighted by Crippen LogP contribution is -2.38. The van der Waals surface area contributed by atoms with Crippen LogP contribution in [-0.4, -0.2) is 25.0 Å². The summed E-state index contributed by atoms with van der Waals surface area (Å²) in [6.45, 7) is 6.66. The van der Waals surface area contributed by atoms with Crippen molar-refractivity contribution in [2.75, 3.05) is 18.5 Å². The summed E-state index contributed by atoms with van der Waals surface area (Å²) in [5, 5.41) is 5.97. The lowest BCUT2D eigenvalue weighted by Gasteiger charge is -2.25. The first-order chi connectivity index (χ1) is 13.8. The first-order valence-corrected chi connectivity index (χ1v) is 10.2. The van der Waals surface area contributed by atoms with Crippen molar-refractivity contribution >= 4 is 17.5 Å². The molecule has 5 nitrogen and oxygen atoms in total. The quantitative estimate of drug-likeness (QED) is 0.729. The average Bonchev–Trinajstić information content (AvgIpc) is 2.70. The van der Waals surface area contributed by atoms with Crippen LogP contribution in [0, 0.1) is 11.3 Å². The van der Waals surface area contributed by atoms with Crippen molar-refractivity contribution in [1.29, 1.82) is 0 Å². The fourth-order valence-corrected chi connectivity index (χ4v) is 3.25. The SMILES string of the molecule is CC(C)(C)C(=O)Nc1ccc2c(c1)C[C@H](C(=O)NCCCc1ccccc1)CO2. The minimum Gasteiger partial charge on any atom is -0.492 e. The van der Waals surface area contributed by atoms with E-state index in [9.17, 15) is 9.59 Å². The summed E-state index contributed by atoms with van der Waals surface area (Å²) in [5.41, 5.74) is 2.50. The van der Waals surface area contributed by atoms with Gasteiger partial charge in [0.05, 0.1) is 5.92 Å². The molecule has 0 radical (unpaired) electrons. The van der Waals surface area contributed by atoms with Gasteiger partial charge in [-0.05, 0) is 48.6 Å². The van der Waals surface area contributed by atoms with Gasteiger partial charge in [-0.1, -0.05) is 51.1 Å². The van der Waals surface area contributed by atoms with Crippen molar-refractivity contribution in [2.24, 2.45) is 11.3 Å². The summed E-state index contributed by atoms with van der Waals surface area (Å²) in [7, 11) is 0. The summed E-state index contributed by atoms with van der Waals surface area (Å²) in [6, 6.07) is 15.9. The largest absolute Gasteiger partial charge is 0.492 e. The van der Waals surface area contributed by atoms with Crippen molar-refractivity contribution in [3.63, 3.8) is 0 Å². The monoisotopic (exact) mass is 394 g/mol. The molecule has 0 unspecified atom stereocenters. The van der Waals surface area contributed by atoms with E-state index in [1.165, 1.54) is 5.56 Å². The van der Waals surface area contributed by atoms with Crippen molar-refractivity contribution in [3.8, 4) is 5.75 Å². The molecule has 0 aliphatic carbocycles. The van der Waals surface area contributed by atoms with Gasteiger partial charge in [-0.3, -0.25) is 9.59 Å². The highest BCUT2D eigenvalue weighted by molar-refractivity contribution is 5.94. The number of fused-ring (bicyclic) bond motifs is 1. The first kappa shape index (κ1) is 20.9. The molecule has 2 aromatic rings. The van der Waals surface area contributed by atoms with Crippen molar-refractivity contribution in [2.45, 2.75) is 40.0 Å². The zero-order valence-corrected chi connectivity index (χ0v) is 17.5. The highest BCUT2D eigenvalue weighted by Gasteiger charge is 2.27. The predicted octanol–water partition coefficient (Wildman–Crippen LogP) is 3.97. The Labute approximate surface area is 172 Å². The molecule has 0 bridgehead atoms. The maximum atomic E-state index is 12.6. The van der Waals surface area contributed by atoms with E-state index in [4.69, 9.17) is 4.74 Å². The average molecular weight is 395 g/mol. The van der Waals surface area contributed by atoms with E-state index in [0.29, 0.717) is 19.6 Å². The molecule has 0 saturated carbocycles. The number of benzene rings is 2. The number of carbonyl (C=O) groups is 2. The Morgan fingerprint density at radius 2 is 1.86 bits per heavy atom. The molecule has 154 valence electrons. The van der Waals surface area contributed by atoms with Crippen LogP contribution in [0.2, 0.25) is 0 Å². The molecule has 0 aromatic heterocycles. The van der Waals surface area contributed by atoms with Gasteiger partial charge in [0.1, 0.15) is 12.4 Å². The fraction of sp³-hybridized carbons (Fsp3) is 0.417. The van der Waals surface area contributed by atoms with Crippen LogP contribution in [0.15, 0.2) is 48.5 Å². The third-order valence-electron chi connectivity index (χ3n) is 5.06. The second-order valence-corrected chi connectivity index (χ2v) is 8.62. The van der Waals surface area contributed by atoms with Crippen LogP contribution < -0.4 is 15.4 Å². The first-order valence-electron chi connectivity index (χ1n) is 10.2. The molecule has 5 heteroatoms. The third kappa shape index (κ3) is 5.83. The molecular formula is C24H30N2O3. The number of hydrogen-bond donors (Lipinski definition) is 2. The summed E-state index contributed by atoms with van der Waals surface area (Å²) in [6.07, 6.45) is 2.46. The Bertz CT molecular complexity index is 856. The maximum absolute atomic E-state index is 12.6. The number of nitrogens with one attached hydrogen (secondary N) is 2. The smallest absolute Gasteiger partial charge is 0.229 e. The Hall–Kier alpha value is -2.82. The zero-order chi connectivity index (χ0) is 20.9. The van der Waals surface area contributed by atoms with Gasteiger partial charge in [0.15, 0.2) is 0 Å². The summed E-state index contributed by atoms with van der Waals surface area (Å²) >= 11 is 0. The van der Waals surface area contributed by atoms with Crippen LogP contribution in [0.5, 0.6) is 5.75 Å². The Kier molecular flexibility index (Phi) is 6.57. The van der Waals surface area contributed by atoms with Crippen LogP contribution in [0.25, 0.3) is 0 Å². The van der Waals surface area contributed by atoms with Crippen molar-refractivity contribution < 1.29 is 14.3 Å². The van der Waals surface area contributed by atoms with Crippen LogP contribution in [0.4, 0.5) is 5.69 Å².